The number of aromatic nitrogens is 1. The van der Waals surface area contributed by atoms with E-state index in [2.05, 4.69) is 20.9 Å². The Labute approximate surface area is 97.8 Å². The summed E-state index contributed by atoms with van der Waals surface area (Å²) in [5, 5.41) is 6.75. The topological polar surface area (TPSA) is 62.8 Å². The van der Waals surface area contributed by atoms with Gasteiger partial charge in [0.1, 0.15) is 10.3 Å². The minimum atomic E-state index is -4.70. The molecular weight excluding hydrogens is 287 g/mol. The minimum absolute atomic E-state index is 0.184. The average Bonchev–Trinajstić information content (AvgIpc) is 2.16. The van der Waals surface area contributed by atoms with Crippen LogP contribution in [-0.2, 0) is 0 Å². The minimum Gasteiger partial charge on any atom is -0.397 e. The highest BCUT2D eigenvalue weighted by Crippen LogP contribution is 2.19. The van der Waals surface area contributed by atoms with Crippen LogP contribution in [0.2, 0.25) is 0 Å². The fraction of sp³-hybridized carbons (Fsp3) is 0.111. The van der Waals surface area contributed by atoms with Gasteiger partial charge in [-0.2, -0.15) is 13.2 Å². The molecule has 0 amide bonds. The van der Waals surface area contributed by atoms with Gasteiger partial charge in [-0.25, -0.2) is 4.98 Å². The largest absolute Gasteiger partial charge is 0.432 e. The Morgan fingerprint density at radius 1 is 1.44 bits per heavy atom. The molecule has 7 heteroatoms. The molecule has 0 aliphatic heterocycles. The lowest BCUT2D eigenvalue weighted by Gasteiger charge is -2.05. The zero-order valence-corrected chi connectivity index (χ0v) is 9.43. The molecule has 1 aromatic rings. The second kappa shape index (κ2) is 4.65. The van der Waals surface area contributed by atoms with Gasteiger partial charge in [0.2, 0.25) is 0 Å². The van der Waals surface area contributed by atoms with Gasteiger partial charge in [-0.3, -0.25) is 5.41 Å². The summed E-state index contributed by atoms with van der Waals surface area (Å²) >= 11 is 3.07. The van der Waals surface area contributed by atoms with Gasteiger partial charge in [-0.1, -0.05) is 6.07 Å². The van der Waals surface area contributed by atoms with E-state index < -0.39 is 11.9 Å². The number of hydrogen-bond acceptors (Lipinski definition) is 3. The molecule has 0 unspecified atom stereocenters. The highest BCUT2D eigenvalue weighted by molar-refractivity contribution is 9.10. The van der Waals surface area contributed by atoms with Crippen LogP contribution >= 0.6 is 15.9 Å². The summed E-state index contributed by atoms with van der Waals surface area (Å²) in [4.78, 5) is 3.87. The molecule has 0 saturated heterocycles. The van der Waals surface area contributed by atoms with Crippen LogP contribution in [0.1, 0.15) is 5.69 Å². The van der Waals surface area contributed by atoms with Crippen molar-refractivity contribution in [2.45, 2.75) is 6.18 Å². The Bertz CT molecular complexity index is 440. The predicted molar refractivity (Wildman–Crippen MR) is 57.9 cm³/mol. The van der Waals surface area contributed by atoms with Gasteiger partial charge < -0.3 is 5.73 Å². The quantitative estimate of drug-likeness (QED) is 0.650. The maximum absolute atomic E-state index is 12.1. The van der Waals surface area contributed by atoms with Gasteiger partial charge in [0.05, 0.1) is 11.4 Å². The number of rotatable bonds is 2. The number of allylic oxidation sites excluding steroid dienone is 1. The number of halogens is 4. The summed E-state index contributed by atoms with van der Waals surface area (Å²) in [6.45, 7) is 0. The lowest BCUT2D eigenvalue weighted by atomic mass is 10.2. The van der Waals surface area contributed by atoms with E-state index in [-0.39, 0.29) is 11.4 Å². The van der Waals surface area contributed by atoms with Crippen molar-refractivity contribution >= 4 is 27.3 Å². The number of pyridine rings is 1. The number of nitrogens with two attached hydrogens (primary N) is 1. The van der Waals surface area contributed by atoms with Crippen molar-refractivity contribution in [2.24, 2.45) is 5.73 Å². The summed E-state index contributed by atoms with van der Waals surface area (Å²) in [5.41, 5.74) is 3.87. The van der Waals surface area contributed by atoms with Gasteiger partial charge >= 0.3 is 6.18 Å². The Kier molecular flexibility index (Phi) is 3.69. The van der Waals surface area contributed by atoms with E-state index in [0.29, 0.717) is 10.7 Å². The summed E-state index contributed by atoms with van der Waals surface area (Å²) in [7, 11) is 0. The van der Waals surface area contributed by atoms with Crippen LogP contribution in [-0.4, -0.2) is 16.9 Å². The van der Waals surface area contributed by atoms with E-state index in [1.165, 1.54) is 6.07 Å². The van der Waals surface area contributed by atoms with Crippen LogP contribution in [0.4, 0.5) is 13.2 Å². The molecule has 0 spiro atoms. The van der Waals surface area contributed by atoms with Gasteiger partial charge in [0.15, 0.2) is 0 Å². The molecule has 1 aromatic heterocycles. The molecule has 0 aliphatic rings. The molecule has 0 saturated carbocycles. The lowest BCUT2D eigenvalue weighted by Crippen LogP contribution is -2.20. The molecule has 16 heavy (non-hydrogen) atoms. The van der Waals surface area contributed by atoms with Crippen molar-refractivity contribution in [1.29, 1.82) is 5.41 Å². The van der Waals surface area contributed by atoms with Gasteiger partial charge in [-0.05, 0) is 34.1 Å². The van der Waals surface area contributed by atoms with E-state index in [1.807, 2.05) is 0 Å². The first-order chi connectivity index (χ1) is 7.30. The molecule has 0 radical (unpaired) electrons. The molecule has 1 heterocycles. The molecule has 0 atom stereocenters. The van der Waals surface area contributed by atoms with Crippen molar-refractivity contribution in [3.63, 3.8) is 0 Å². The number of nitrogens with one attached hydrogen (secondary N) is 1. The fourth-order valence-electron chi connectivity index (χ4n) is 0.880. The van der Waals surface area contributed by atoms with E-state index in [4.69, 9.17) is 11.1 Å². The number of hydrogen-bond donors (Lipinski definition) is 2. The third-order valence-electron chi connectivity index (χ3n) is 1.62. The first-order valence-electron chi connectivity index (χ1n) is 4.06. The monoisotopic (exact) mass is 293 g/mol. The molecule has 86 valence electrons. The molecule has 0 aliphatic carbocycles. The summed E-state index contributed by atoms with van der Waals surface area (Å²) < 4.78 is 36.6. The van der Waals surface area contributed by atoms with Gasteiger partial charge in [-0.15, -0.1) is 0 Å². The summed E-state index contributed by atoms with van der Waals surface area (Å²) in [5.74, 6) is 0. The van der Waals surface area contributed by atoms with Crippen molar-refractivity contribution in [1.82, 2.24) is 4.98 Å². The summed E-state index contributed by atoms with van der Waals surface area (Å²) in [6.07, 6.45) is -4.16. The molecule has 0 bridgehead atoms. The van der Waals surface area contributed by atoms with Crippen molar-refractivity contribution in [3.8, 4) is 0 Å². The van der Waals surface area contributed by atoms with Crippen LogP contribution in [0.3, 0.4) is 0 Å². The van der Waals surface area contributed by atoms with Crippen molar-refractivity contribution in [3.05, 3.63) is 34.6 Å². The fourth-order valence-corrected chi connectivity index (χ4v) is 1.22. The molecule has 0 aromatic carbocycles. The SMILES string of the molecule is N=C(/C=C(\N)c1cccc(Br)n1)C(F)(F)F. The highest BCUT2D eigenvalue weighted by atomic mass is 79.9. The first-order valence-corrected chi connectivity index (χ1v) is 4.86. The van der Waals surface area contributed by atoms with Crippen LogP contribution < -0.4 is 5.73 Å². The van der Waals surface area contributed by atoms with Gasteiger partial charge in [0.25, 0.3) is 0 Å². The summed E-state index contributed by atoms with van der Waals surface area (Å²) in [6, 6.07) is 4.66. The van der Waals surface area contributed by atoms with Crippen molar-refractivity contribution < 1.29 is 13.2 Å². The molecule has 3 N–H and O–H groups in total. The zero-order valence-electron chi connectivity index (χ0n) is 7.85. The number of nitrogens with zero attached hydrogens (tertiary/aromatic N) is 1. The molecular formula is C9H7BrF3N3. The molecule has 3 nitrogen and oxygen atoms in total. The Morgan fingerprint density at radius 2 is 2.06 bits per heavy atom. The smallest absolute Gasteiger partial charge is 0.397 e. The van der Waals surface area contributed by atoms with E-state index in [0.717, 1.165) is 0 Å². The maximum atomic E-state index is 12.1. The molecule has 1 rings (SSSR count). The Balaban J connectivity index is 2.99. The van der Waals surface area contributed by atoms with Gasteiger partial charge in [0, 0.05) is 0 Å². The van der Waals surface area contributed by atoms with E-state index in [1.54, 1.807) is 12.1 Å². The zero-order chi connectivity index (χ0) is 12.3. The Morgan fingerprint density at radius 3 is 2.56 bits per heavy atom. The van der Waals surface area contributed by atoms with Crippen molar-refractivity contribution in [2.75, 3.05) is 0 Å². The van der Waals surface area contributed by atoms with Crippen LogP contribution in [0.15, 0.2) is 28.9 Å². The Hall–Kier alpha value is -1.37. The third-order valence-corrected chi connectivity index (χ3v) is 2.06. The second-order valence-corrected chi connectivity index (χ2v) is 3.67. The third kappa shape index (κ3) is 3.34. The van der Waals surface area contributed by atoms with Crippen LogP contribution in [0.5, 0.6) is 0 Å². The normalized spacial score (nSPS) is 12.6. The highest BCUT2D eigenvalue weighted by Gasteiger charge is 2.32. The van der Waals surface area contributed by atoms with E-state index in [9.17, 15) is 13.2 Å². The number of alkyl halides is 3. The second-order valence-electron chi connectivity index (χ2n) is 2.86. The van der Waals surface area contributed by atoms with Crippen LogP contribution in [0.25, 0.3) is 5.70 Å². The standard InChI is InChI=1S/C9H7BrF3N3/c10-8-3-1-2-6(16-8)5(14)4-7(15)9(11,12)13/h1-4,15H,14H2/b5-4-,15-7?. The lowest BCUT2D eigenvalue weighted by molar-refractivity contribution is -0.0583. The maximum Gasteiger partial charge on any atom is 0.432 e. The molecule has 0 fully saturated rings. The van der Waals surface area contributed by atoms with Crippen LogP contribution in [0, 0.1) is 5.41 Å². The predicted octanol–water partition coefficient (Wildman–Crippen LogP) is 2.73. The average molecular weight is 294 g/mol. The first kappa shape index (κ1) is 12.7. The van der Waals surface area contributed by atoms with E-state index >= 15 is 0 Å².